The molecule has 0 N–H and O–H groups in total. The molecule has 58 valence electrons. The minimum Gasteiger partial charge on any atom is -0.297 e. The third-order valence-electron chi connectivity index (χ3n) is 2.30. The summed E-state index contributed by atoms with van der Waals surface area (Å²) >= 11 is 0. The molecule has 0 radical (unpaired) electrons. The molecule has 1 aliphatic heterocycles. The normalized spacial score (nSPS) is 28.3. The molecular weight excluding hydrogens is 122 g/mol. The molecule has 1 nitrogen and oxygen atoms in total. The van der Waals surface area contributed by atoms with Crippen molar-refractivity contribution in [2.24, 2.45) is 0 Å². The summed E-state index contributed by atoms with van der Waals surface area (Å²) in [7, 11) is 0. The van der Waals surface area contributed by atoms with Gasteiger partial charge in [-0.3, -0.25) is 4.90 Å². The summed E-state index contributed by atoms with van der Waals surface area (Å²) in [5, 5.41) is 0. The first-order chi connectivity index (χ1) is 4.84. The molecule has 1 aliphatic rings. The summed E-state index contributed by atoms with van der Waals surface area (Å²) in [6.45, 7) is 8.40. The average molecular weight is 139 g/mol. The van der Waals surface area contributed by atoms with E-state index >= 15 is 0 Å². The maximum atomic E-state index is 3.75. The Morgan fingerprint density at radius 2 is 2.40 bits per heavy atom. The molecule has 0 aliphatic carbocycles. The number of likely N-dealkylation sites (tertiary alicyclic amines) is 1. The van der Waals surface area contributed by atoms with Crippen LogP contribution in [0, 0.1) is 0 Å². The van der Waals surface area contributed by atoms with Gasteiger partial charge in [-0.25, -0.2) is 0 Å². The van der Waals surface area contributed by atoms with Crippen molar-refractivity contribution in [2.45, 2.75) is 32.2 Å². The maximum absolute atomic E-state index is 3.75. The van der Waals surface area contributed by atoms with Crippen LogP contribution in [-0.4, -0.2) is 24.0 Å². The highest BCUT2D eigenvalue weighted by atomic mass is 15.1. The third kappa shape index (κ3) is 1.84. The quantitative estimate of drug-likeness (QED) is 0.529. The fraction of sp³-hybridized carbons (Fsp3) is 0.778. The first kappa shape index (κ1) is 7.80. The molecule has 0 bridgehead atoms. The number of hydrogen-bond donors (Lipinski definition) is 0. The minimum atomic E-state index is 0.784. The van der Waals surface area contributed by atoms with Gasteiger partial charge in [-0.1, -0.05) is 12.5 Å². The second-order valence-electron chi connectivity index (χ2n) is 3.13. The van der Waals surface area contributed by atoms with E-state index in [9.17, 15) is 0 Å². The summed E-state index contributed by atoms with van der Waals surface area (Å²) in [5.74, 6) is 0. The van der Waals surface area contributed by atoms with E-state index in [0.29, 0.717) is 0 Å². The van der Waals surface area contributed by atoms with E-state index in [1.54, 1.807) is 0 Å². The smallest absolute Gasteiger partial charge is 0.0163 e. The Morgan fingerprint density at radius 3 is 3.00 bits per heavy atom. The molecule has 1 heteroatoms. The molecule has 1 rings (SSSR count). The zero-order chi connectivity index (χ0) is 7.40. The van der Waals surface area contributed by atoms with Crippen molar-refractivity contribution in [1.29, 1.82) is 0 Å². The SMILES string of the molecule is C=CCN1CCCCC1C. The van der Waals surface area contributed by atoms with E-state index in [0.717, 1.165) is 12.6 Å². The van der Waals surface area contributed by atoms with Crippen LogP contribution in [0.25, 0.3) is 0 Å². The maximum Gasteiger partial charge on any atom is 0.0163 e. The second-order valence-corrected chi connectivity index (χ2v) is 3.13. The van der Waals surface area contributed by atoms with E-state index in [1.165, 1.54) is 25.8 Å². The van der Waals surface area contributed by atoms with Gasteiger partial charge in [-0.15, -0.1) is 6.58 Å². The summed E-state index contributed by atoms with van der Waals surface area (Å²) in [6.07, 6.45) is 6.16. The zero-order valence-corrected chi connectivity index (χ0v) is 6.84. The summed E-state index contributed by atoms with van der Waals surface area (Å²) in [6, 6.07) is 0.784. The predicted octanol–water partition coefficient (Wildman–Crippen LogP) is 2.05. The Bertz CT molecular complexity index is 109. The van der Waals surface area contributed by atoms with Crippen LogP contribution in [-0.2, 0) is 0 Å². The number of rotatable bonds is 2. The number of hydrogen-bond acceptors (Lipinski definition) is 1. The molecule has 1 atom stereocenters. The number of nitrogens with zero attached hydrogens (tertiary/aromatic N) is 1. The van der Waals surface area contributed by atoms with Crippen LogP contribution in [0.15, 0.2) is 12.7 Å². The van der Waals surface area contributed by atoms with Crippen LogP contribution < -0.4 is 0 Å². The second kappa shape index (κ2) is 3.77. The largest absolute Gasteiger partial charge is 0.297 e. The molecule has 1 saturated heterocycles. The van der Waals surface area contributed by atoms with Crippen LogP contribution in [0.2, 0.25) is 0 Å². The van der Waals surface area contributed by atoms with Crippen molar-refractivity contribution in [3.8, 4) is 0 Å². The molecule has 1 fully saturated rings. The highest BCUT2D eigenvalue weighted by Crippen LogP contribution is 2.15. The standard InChI is InChI=1S/C9H17N/c1-3-7-10-8-5-4-6-9(10)2/h3,9H,1,4-8H2,2H3. The van der Waals surface area contributed by atoms with E-state index in [4.69, 9.17) is 0 Å². The van der Waals surface area contributed by atoms with Crippen LogP contribution >= 0.6 is 0 Å². The Balaban J connectivity index is 2.32. The molecule has 0 saturated carbocycles. The van der Waals surface area contributed by atoms with Gasteiger partial charge < -0.3 is 0 Å². The van der Waals surface area contributed by atoms with Gasteiger partial charge in [0.05, 0.1) is 0 Å². The van der Waals surface area contributed by atoms with Gasteiger partial charge in [-0.05, 0) is 26.3 Å². The molecule has 0 aromatic rings. The van der Waals surface area contributed by atoms with Gasteiger partial charge in [0.25, 0.3) is 0 Å². The van der Waals surface area contributed by atoms with Gasteiger partial charge in [0, 0.05) is 12.6 Å². The molecule has 0 spiro atoms. The Labute approximate surface area is 63.7 Å². The topological polar surface area (TPSA) is 3.24 Å². The van der Waals surface area contributed by atoms with Crippen LogP contribution in [0.5, 0.6) is 0 Å². The zero-order valence-electron chi connectivity index (χ0n) is 6.84. The molecule has 0 amide bonds. The minimum absolute atomic E-state index is 0.784. The first-order valence-corrected chi connectivity index (χ1v) is 4.19. The first-order valence-electron chi connectivity index (χ1n) is 4.19. The summed E-state index contributed by atoms with van der Waals surface area (Å²) in [4.78, 5) is 2.50. The molecule has 0 aromatic carbocycles. The van der Waals surface area contributed by atoms with Gasteiger partial charge in [0.2, 0.25) is 0 Å². The fourth-order valence-corrected chi connectivity index (χ4v) is 1.59. The average Bonchev–Trinajstić information content (AvgIpc) is 1.94. The Morgan fingerprint density at radius 1 is 1.60 bits per heavy atom. The molecule has 1 heterocycles. The number of piperidine rings is 1. The predicted molar refractivity (Wildman–Crippen MR) is 45.1 cm³/mol. The van der Waals surface area contributed by atoms with Gasteiger partial charge >= 0.3 is 0 Å². The molecule has 0 aromatic heterocycles. The summed E-state index contributed by atoms with van der Waals surface area (Å²) < 4.78 is 0. The Kier molecular flexibility index (Phi) is 2.94. The van der Waals surface area contributed by atoms with Gasteiger partial charge in [0.15, 0.2) is 0 Å². The van der Waals surface area contributed by atoms with Crippen molar-refractivity contribution in [3.05, 3.63) is 12.7 Å². The van der Waals surface area contributed by atoms with Crippen LogP contribution in [0.3, 0.4) is 0 Å². The molecular formula is C9H17N. The van der Waals surface area contributed by atoms with Crippen LogP contribution in [0.1, 0.15) is 26.2 Å². The van der Waals surface area contributed by atoms with Gasteiger partial charge in [-0.2, -0.15) is 0 Å². The highest BCUT2D eigenvalue weighted by molar-refractivity contribution is 4.79. The van der Waals surface area contributed by atoms with Gasteiger partial charge in [0.1, 0.15) is 0 Å². The van der Waals surface area contributed by atoms with Crippen molar-refractivity contribution < 1.29 is 0 Å². The van der Waals surface area contributed by atoms with Crippen molar-refractivity contribution in [2.75, 3.05) is 13.1 Å². The molecule has 1 unspecified atom stereocenters. The van der Waals surface area contributed by atoms with E-state index in [1.807, 2.05) is 6.08 Å². The molecule has 10 heavy (non-hydrogen) atoms. The lowest BCUT2D eigenvalue weighted by Gasteiger charge is -2.32. The van der Waals surface area contributed by atoms with E-state index < -0.39 is 0 Å². The van der Waals surface area contributed by atoms with E-state index in [2.05, 4.69) is 18.4 Å². The lowest BCUT2D eigenvalue weighted by atomic mass is 10.0. The van der Waals surface area contributed by atoms with Crippen LogP contribution in [0.4, 0.5) is 0 Å². The van der Waals surface area contributed by atoms with Crippen molar-refractivity contribution in [3.63, 3.8) is 0 Å². The Hall–Kier alpha value is -0.300. The monoisotopic (exact) mass is 139 g/mol. The highest BCUT2D eigenvalue weighted by Gasteiger charge is 2.15. The lowest BCUT2D eigenvalue weighted by Crippen LogP contribution is -2.37. The van der Waals surface area contributed by atoms with E-state index in [-0.39, 0.29) is 0 Å². The van der Waals surface area contributed by atoms with Crippen molar-refractivity contribution >= 4 is 0 Å². The van der Waals surface area contributed by atoms with Crippen molar-refractivity contribution in [1.82, 2.24) is 4.90 Å². The fourth-order valence-electron chi connectivity index (χ4n) is 1.59. The third-order valence-corrected chi connectivity index (χ3v) is 2.30. The lowest BCUT2D eigenvalue weighted by molar-refractivity contribution is 0.179. The summed E-state index contributed by atoms with van der Waals surface area (Å²) in [5.41, 5.74) is 0.